The average Bonchev–Trinajstić information content (AvgIpc) is 2.98. The van der Waals surface area contributed by atoms with Crippen molar-refractivity contribution in [1.29, 1.82) is 0 Å². The van der Waals surface area contributed by atoms with E-state index < -0.39 is 0 Å². The summed E-state index contributed by atoms with van der Waals surface area (Å²) < 4.78 is 5.16. The molecule has 2 atom stereocenters. The van der Waals surface area contributed by atoms with Crippen LogP contribution in [0.1, 0.15) is 25.3 Å². The lowest BCUT2D eigenvalue weighted by Gasteiger charge is -2.30. The van der Waals surface area contributed by atoms with Crippen LogP contribution >= 0.6 is 11.8 Å². The van der Waals surface area contributed by atoms with E-state index in [0.717, 1.165) is 17.7 Å². The molecule has 0 aromatic heterocycles. The van der Waals surface area contributed by atoms with Gasteiger partial charge in [0.2, 0.25) is 11.8 Å². The van der Waals surface area contributed by atoms with Crippen LogP contribution in [0.4, 0.5) is 5.69 Å². The number of fused-ring (bicyclic) bond motifs is 1. The molecule has 118 valence electrons. The fraction of sp³-hybridized carbons (Fsp3) is 0.500. The van der Waals surface area contributed by atoms with Crippen molar-refractivity contribution in [1.82, 2.24) is 4.90 Å². The molecule has 1 N–H and O–H groups in total. The summed E-state index contributed by atoms with van der Waals surface area (Å²) in [6.45, 7) is 2.49. The molecule has 5 nitrogen and oxygen atoms in total. The number of nitrogens with zero attached hydrogens (tertiary/aromatic N) is 1. The molecule has 2 aliphatic rings. The zero-order valence-electron chi connectivity index (χ0n) is 12.8. The number of methoxy groups -OCH3 is 1. The van der Waals surface area contributed by atoms with E-state index in [1.54, 1.807) is 23.8 Å². The van der Waals surface area contributed by atoms with E-state index in [9.17, 15) is 9.59 Å². The minimum absolute atomic E-state index is 0.0813. The minimum atomic E-state index is -0.388. The van der Waals surface area contributed by atoms with Crippen LogP contribution in [0.3, 0.4) is 0 Å². The third kappa shape index (κ3) is 2.61. The Morgan fingerprint density at radius 3 is 3.05 bits per heavy atom. The molecular weight excluding hydrogens is 300 g/mol. The number of hydrogen-bond acceptors (Lipinski definition) is 4. The van der Waals surface area contributed by atoms with Gasteiger partial charge in [0.1, 0.15) is 6.04 Å². The summed E-state index contributed by atoms with van der Waals surface area (Å²) >= 11 is 1.70. The lowest BCUT2D eigenvalue weighted by molar-refractivity contribution is -0.135. The van der Waals surface area contributed by atoms with Crippen molar-refractivity contribution in [3.63, 3.8) is 0 Å². The van der Waals surface area contributed by atoms with Crippen LogP contribution in [0.2, 0.25) is 0 Å². The molecule has 3 rings (SSSR count). The number of benzene rings is 1. The zero-order chi connectivity index (χ0) is 15.7. The number of hydrogen-bond donors (Lipinski definition) is 1. The van der Waals surface area contributed by atoms with Gasteiger partial charge in [-0.25, -0.2) is 0 Å². The van der Waals surface area contributed by atoms with Crippen LogP contribution in [0.15, 0.2) is 24.3 Å². The van der Waals surface area contributed by atoms with Crippen LogP contribution in [0, 0.1) is 0 Å². The molecular formula is C16H20N2O3S. The molecule has 2 saturated heterocycles. The summed E-state index contributed by atoms with van der Waals surface area (Å²) in [5, 5.41) is 2.96. The molecule has 0 bridgehead atoms. The van der Waals surface area contributed by atoms with Crippen LogP contribution in [0.5, 0.6) is 0 Å². The van der Waals surface area contributed by atoms with Crippen LogP contribution < -0.4 is 5.32 Å². The summed E-state index contributed by atoms with van der Waals surface area (Å²) in [4.78, 5) is 26.3. The van der Waals surface area contributed by atoms with Crippen molar-refractivity contribution in [2.45, 2.75) is 37.3 Å². The van der Waals surface area contributed by atoms with Crippen molar-refractivity contribution in [3.8, 4) is 0 Å². The Balaban J connectivity index is 1.77. The van der Waals surface area contributed by atoms with Crippen LogP contribution in [-0.4, -0.2) is 40.5 Å². The monoisotopic (exact) mass is 320 g/mol. The number of ether oxygens (including phenoxy) is 1. The van der Waals surface area contributed by atoms with Gasteiger partial charge in [0.05, 0.1) is 11.5 Å². The summed E-state index contributed by atoms with van der Waals surface area (Å²) in [5.74, 6) is 0.619. The van der Waals surface area contributed by atoms with E-state index in [2.05, 4.69) is 12.2 Å². The van der Waals surface area contributed by atoms with E-state index in [4.69, 9.17) is 4.74 Å². The van der Waals surface area contributed by atoms with Crippen molar-refractivity contribution in [2.75, 3.05) is 18.2 Å². The second kappa shape index (κ2) is 5.93. The smallest absolute Gasteiger partial charge is 0.248 e. The third-order valence-corrected chi connectivity index (χ3v) is 5.83. The molecule has 1 aromatic carbocycles. The molecule has 2 heterocycles. The summed E-state index contributed by atoms with van der Waals surface area (Å²) in [5.41, 5.74) is 1.68. The lowest BCUT2D eigenvalue weighted by Crippen LogP contribution is -2.48. The number of carbonyl (C=O) groups excluding carboxylic acids is 2. The second-order valence-electron chi connectivity index (χ2n) is 5.84. The van der Waals surface area contributed by atoms with E-state index >= 15 is 0 Å². The normalized spacial score (nSPS) is 27.1. The highest BCUT2D eigenvalue weighted by Gasteiger charge is 2.52. The second-order valence-corrected chi connectivity index (χ2v) is 7.35. The van der Waals surface area contributed by atoms with Crippen LogP contribution in [0.25, 0.3) is 0 Å². The van der Waals surface area contributed by atoms with Gasteiger partial charge in [-0.15, -0.1) is 11.8 Å². The molecule has 1 aromatic rings. The zero-order valence-corrected chi connectivity index (χ0v) is 13.6. The van der Waals surface area contributed by atoms with E-state index in [-0.39, 0.29) is 22.7 Å². The Hall–Kier alpha value is -1.53. The van der Waals surface area contributed by atoms with Gasteiger partial charge in [-0.2, -0.15) is 0 Å². The van der Waals surface area contributed by atoms with Gasteiger partial charge in [-0.1, -0.05) is 18.2 Å². The van der Waals surface area contributed by atoms with Gasteiger partial charge in [-0.3, -0.25) is 9.59 Å². The van der Waals surface area contributed by atoms with E-state index in [0.29, 0.717) is 18.8 Å². The number of carbonyl (C=O) groups is 2. The maximum absolute atomic E-state index is 12.6. The van der Waals surface area contributed by atoms with Gasteiger partial charge in [-0.05, 0) is 19.4 Å². The first-order valence-corrected chi connectivity index (χ1v) is 8.37. The third-order valence-electron chi connectivity index (χ3n) is 4.32. The van der Waals surface area contributed by atoms with Crippen molar-refractivity contribution in [2.24, 2.45) is 0 Å². The van der Waals surface area contributed by atoms with Crippen molar-refractivity contribution in [3.05, 3.63) is 29.8 Å². The maximum Gasteiger partial charge on any atom is 0.248 e. The minimum Gasteiger partial charge on any atom is -0.380 e. The van der Waals surface area contributed by atoms with Crippen molar-refractivity contribution >= 4 is 29.3 Å². The molecule has 22 heavy (non-hydrogen) atoms. The summed E-state index contributed by atoms with van der Waals surface area (Å²) in [7, 11) is 1.63. The van der Waals surface area contributed by atoms with Gasteiger partial charge < -0.3 is 15.0 Å². The maximum atomic E-state index is 12.6. The number of amides is 2. The Labute approximate surface area is 134 Å². The molecule has 2 fully saturated rings. The predicted molar refractivity (Wildman–Crippen MR) is 86.5 cm³/mol. The summed E-state index contributed by atoms with van der Waals surface area (Å²) in [6, 6.07) is 7.19. The largest absolute Gasteiger partial charge is 0.380 e. The number of rotatable bonds is 4. The SMILES string of the molecule is COCc1ccccc1NC(=O)[C@@H]1CS[C@@]2(C)CCC(=O)N12. The molecule has 6 heteroatoms. The molecule has 0 saturated carbocycles. The Morgan fingerprint density at radius 1 is 1.50 bits per heavy atom. The number of anilines is 1. The predicted octanol–water partition coefficient (Wildman–Crippen LogP) is 2.23. The number of thioether (sulfide) groups is 1. The fourth-order valence-corrected chi connectivity index (χ4v) is 4.59. The van der Waals surface area contributed by atoms with E-state index in [1.165, 1.54) is 0 Å². The quantitative estimate of drug-likeness (QED) is 0.924. The van der Waals surface area contributed by atoms with Crippen molar-refractivity contribution < 1.29 is 14.3 Å². The Kier molecular flexibility index (Phi) is 4.14. The Morgan fingerprint density at radius 2 is 2.27 bits per heavy atom. The highest BCUT2D eigenvalue weighted by molar-refractivity contribution is 8.01. The fourth-order valence-electron chi connectivity index (χ4n) is 3.15. The first-order valence-electron chi connectivity index (χ1n) is 7.39. The molecule has 0 spiro atoms. The molecule has 2 amide bonds. The van der Waals surface area contributed by atoms with Gasteiger partial charge in [0, 0.05) is 30.5 Å². The molecule has 2 aliphatic heterocycles. The van der Waals surface area contributed by atoms with Crippen LogP contribution in [-0.2, 0) is 20.9 Å². The first kappa shape index (κ1) is 15.4. The highest BCUT2D eigenvalue weighted by atomic mass is 32.2. The standard InChI is InChI=1S/C16H20N2O3S/c1-16-8-7-14(19)18(16)13(10-22-16)15(20)17-12-6-4-3-5-11(12)9-21-2/h3-6,13H,7-10H2,1-2H3,(H,17,20)/t13-,16-/m0/s1. The molecule has 0 unspecified atom stereocenters. The summed E-state index contributed by atoms with van der Waals surface area (Å²) in [6.07, 6.45) is 1.36. The van der Waals surface area contributed by atoms with Gasteiger partial charge >= 0.3 is 0 Å². The first-order chi connectivity index (χ1) is 10.5. The average molecular weight is 320 g/mol. The van der Waals surface area contributed by atoms with E-state index in [1.807, 2.05) is 24.3 Å². The molecule has 0 aliphatic carbocycles. The molecule has 0 radical (unpaired) electrons. The number of nitrogens with one attached hydrogen (secondary N) is 1. The Bertz CT molecular complexity index is 607. The lowest BCUT2D eigenvalue weighted by atomic mass is 10.1. The number of para-hydroxylation sites is 1. The van der Waals surface area contributed by atoms with Gasteiger partial charge in [0.25, 0.3) is 0 Å². The highest BCUT2D eigenvalue weighted by Crippen LogP contribution is 2.47. The topological polar surface area (TPSA) is 58.6 Å². The van der Waals surface area contributed by atoms with Gasteiger partial charge in [0.15, 0.2) is 0 Å².